The number of nitrogens with zero attached hydrogens (tertiary/aromatic N) is 1. The largest absolute Gasteiger partial charge is 0.449 e. The standard InChI is InChI=1S/C25H26N2O5/c1-17(2)12-22(32-25(29)23-13-19-10-6-7-11-21(19)31-23)24(28)27-20(14-26)16-30-15-18-8-4-3-5-9-18/h3-11,13,17,20,22H,12,15-16H2,1-2H3,(H,27,28)/t20-,22+/m1/s1. The van der Waals surface area contributed by atoms with Gasteiger partial charge < -0.3 is 19.2 Å². The third kappa shape index (κ3) is 6.43. The number of furan rings is 1. The van der Waals surface area contributed by atoms with Gasteiger partial charge in [0.1, 0.15) is 11.6 Å². The van der Waals surface area contributed by atoms with Crippen LogP contribution in [-0.4, -0.2) is 30.6 Å². The number of esters is 1. The first kappa shape index (κ1) is 23.0. The summed E-state index contributed by atoms with van der Waals surface area (Å²) in [6.45, 7) is 4.18. The highest BCUT2D eigenvalue weighted by Gasteiger charge is 2.28. The van der Waals surface area contributed by atoms with Crippen LogP contribution in [0.3, 0.4) is 0 Å². The highest BCUT2D eigenvalue weighted by molar-refractivity contribution is 5.94. The highest BCUT2D eigenvalue weighted by Crippen LogP contribution is 2.20. The smallest absolute Gasteiger partial charge is 0.375 e. The Labute approximate surface area is 186 Å². The Hall–Kier alpha value is -3.63. The number of rotatable bonds is 10. The van der Waals surface area contributed by atoms with Gasteiger partial charge in [-0.3, -0.25) is 4.79 Å². The molecule has 32 heavy (non-hydrogen) atoms. The summed E-state index contributed by atoms with van der Waals surface area (Å²) in [7, 11) is 0. The van der Waals surface area contributed by atoms with E-state index in [1.807, 2.05) is 62.4 Å². The summed E-state index contributed by atoms with van der Waals surface area (Å²) in [5, 5.41) is 12.8. The molecule has 0 aliphatic heterocycles. The lowest BCUT2D eigenvalue weighted by atomic mass is 10.0. The van der Waals surface area contributed by atoms with E-state index < -0.39 is 24.0 Å². The predicted molar refractivity (Wildman–Crippen MR) is 119 cm³/mol. The monoisotopic (exact) mass is 434 g/mol. The first-order chi connectivity index (χ1) is 15.5. The van der Waals surface area contributed by atoms with Crippen molar-refractivity contribution in [2.45, 2.75) is 39.0 Å². The number of fused-ring (bicyclic) bond motifs is 1. The molecule has 3 aromatic rings. The minimum absolute atomic E-state index is 0.0169. The molecule has 2 atom stereocenters. The molecule has 7 heteroatoms. The van der Waals surface area contributed by atoms with E-state index in [9.17, 15) is 14.9 Å². The number of carbonyl (C=O) groups is 2. The summed E-state index contributed by atoms with van der Waals surface area (Å²) in [6, 6.07) is 19.5. The fourth-order valence-corrected chi connectivity index (χ4v) is 3.15. The topological polar surface area (TPSA) is 102 Å². The number of ether oxygens (including phenoxy) is 2. The van der Waals surface area contributed by atoms with Crippen molar-refractivity contribution in [1.29, 1.82) is 5.26 Å². The quantitative estimate of drug-likeness (QED) is 0.479. The van der Waals surface area contributed by atoms with Gasteiger partial charge >= 0.3 is 5.97 Å². The molecule has 0 saturated heterocycles. The fourth-order valence-electron chi connectivity index (χ4n) is 3.15. The van der Waals surface area contributed by atoms with Crippen molar-refractivity contribution in [3.63, 3.8) is 0 Å². The van der Waals surface area contributed by atoms with Gasteiger partial charge in [0.05, 0.1) is 19.3 Å². The van der Waals surface area contributed by atoms with Crippen molar-refractivity contribution in [2.24, 2.45) is 5.92 Å². The summed E-state index contributed by atoms with van der Waals surface area (Å²) < 4.78 is 16.6. The minimum Gasteiger partial charge on any atom is -0.449 e. The second kappa shape index (κ2) is 11.1. The summed E-state index contributed by atoms with van der Waals surface area (Å²) in [4.78, 5) is 25.4. The Morgan fingerprint density at radius 3 is 2.50 bits per heavy atom. The number of hydrogen-bond donors (Lipinski definition) is 1. The molecule has 1 N–H and O–H groups in total. The highest BCUT2D eigenvalue weighted by atomic mass is 16.6. The van der Waals surface area contributed by atoms with E-state index >= 15 is 0 Å². The average molecular weight is 434 g/mol. The van der Waals surface area contributed by atoms with Gasteiger partial charge in [-0.05, 0) is 30.0 Å². The van der Waals surface area contributed by atoms with Crippen LogP contribution in [0.4, 0.5) is 0 Å². The lowest BCUT2D eigenvalue weighted by Gasteiger charge is -2.20. The Morgan fingerprint density at radius 2 is 1.81 bits per heavy atom. The van der Waals surface area contributed by atoms with Crippen LogP contribution in [0, 0.1) is 17.2 Å². The molecule has 2 aromatic carbocycles. The molecule has 0 spiro atoms. The second-order valence-electron chi connectivity index (χ2n) is 7.86. The maximum Gasteiger partial charge on any atom is 0.375 e. The van der Waals surface area contributed by atoms with Gasteiger partial charge in [-0.25, -0.2) is 4.79 Å². The number of nitrogens with one attached hydrogen (secondary N) is 1. The normalized spacial score (nSPS) is 12.8. The molecule has 1 amide bonds. The first-order valence-electron chi connectivity index (χ1n) is 10.5. The molecule has 166 valence electrons. The summed E-state index contributed by atoms with van der Waals surface area (Å²) in [5.74, 6) is -1.16. The van der Waals surface area contributed by atoms with Crippen molar-refractivity contribution < 1.29 is 23.5 Å². The Bertz CT molecular complexity index is 1050. The molecule has 0 radical (unpaired) electrons. The SMILES string of the molecule is CC(C)C[C@H](OC(=O)c1cc2ccccc2o1)C(=O)N[C@H](C#N)COCc1ccccc1. The maximum atomic E-state index is 12.8. The lowest BCUT2D eigenvalue weighted by Crippen LogP contribution is -2.45. The zero-order valence-electron chi connectivity index (χ0n) is 18.1. The van der Waals surface area contributed by atoms with Gasteiger partial charge in [0.15, 0.2) is 6.10 Å². The van der Waals surface area contributed by atoms with Crippen molar-refractivity contribution in [1.82, 2.24) is 5.32 Å². The zero-order chi connectivity index (χ0) is 22.9. The molecule has 7 nitrogen and oxygen atoms in total. The van der Waals surface area contributed by atoms with Crippen molar-refractivity contribution in [3.8, 4) is 6.07 Å². The van der Waals surface area contributed by atoms with Crippen LogP contribution < -0.4 is 5.32 Å². The van der Waals surface area contributed by atoms with E-state index in [0.29, 0.717) is 18.6 Å². The molecule has 3 rings (SSSR count). The van der Waals surface area contributed by atoms with Gasteiger partial charge in [-0.2, -0.15) is 5.26 Å². The fraction of sp³-hybridized carbons (Fsp3) is 0.320. The maximum absolute atomic E-state index is 12.8. The van der Waals surface area contributed by atoms with Gasteiger partial charge in [0, 0.05) is 5.39 Å². The van der Waals surface area contributed by atoms with Crippen LogP contribution in [0.15, 0.2) is 65.1 Å². The Balaban J connectivity index is 1.60. The van der Waals surface area contributed by atoms with E-state index in [2.05, 4.69) is 5.32 Å². The molecule has 0 fully saturated rings. The van der Waals surface area contributed by atoms with Crippen LogP contribution in [0.1, 0.15) is 36.4 Å². The number of hydrogen-bond acceptors (Lipinski definition) is 6. The molecule has 1 aromatic heterocycles. The molecule has 0 unspecified atom stereocenters. The third-order valence-corrected chi connectivity index (χ3v) is 4.72. The second-order valence-corrected chi connectivity index (χ2v) is 7.86. The van der Waals surface area contributed by atoms with E-state index in [1.54, 1.807) is 18.2 Å². The average Bonchev–Trinajstić information content (AvgIpc) is 3.23. The van der Waals surface area contributed by atoms with Crippen molar-refractivity contribution in [3.05, 3.63) is 72.0 Å². The van der Waals surface area contributed by atoms with E-state index in [4.69, 9.17) is 13.9 Å². The lowest BCUT2D eigenvalue weighted by molar-refractivity contribution is -0.131. The predicted octanol–water partition coefficient (Wildman–Crippen LogP) is 4.23. The summed E-state index contributed by atoms with van der Waals surface area (Å²) in [5.41, 5.74) is 1.53. The molecule has 0 aliphatic carbocycles. The van der Waals surface area contributed by atoms with Gasteiger partial charge in [0.2, 0.25) is 5.76 Å². The number of amides is 1. The molecule has 0 aliphatic rings. The van der Waals surface area contributed by atoms with Crippen LogP contribution in [0.5, 0.6) is 0 Å². The van der Waals surface area contributed by atoms with Crippen molar-refractivity contribution >= 4 is 22.8 Å². The molecule has 0 saturated carbocycles. The first-order valence-corrected chi connectivity index (χ1v) is 10.5. The Morgan fingerprint density at radius 1 is 1.09 bits per heavy atom. The minimum atomic E-state index is -1.05. The van der Waals surface area contributed by atoms with Crippen LogP contribution in [-0.2, 0) is 20.9 Å². The number of nitriles is 1. The van der Waals surface area contributed by atoms with E-state index in [-0.39, 0.29) is 18.3 Å². The molecule has 1 heterocycles. The van der Waals surface area contributed by atoms with Gasteiger partial charge in [0.25, 0.3) is 5.91 Å². The third-order valence-electron chi connectivity index (χ3n) is 4.72. The Kier molecular flexibility index (Phi) is 8.01. The van der Waals surface area contributed by atoms with Crippen molar-refractivity contribution in [2.75, 3.05) is 6.61 Å². The molecular formula is C25H26N2O5. The molecule has 0 bridgehead atoms. The van der Waals surface area contributed by atoms with Gasteiger partial charge in [-0.15, -0.1) is 0 Å². The summed E-state index contributed by atoms with van der Waals surface area (Å²) >= 11 is 0. The number of para-hydroxylation sites is 1. The van der Waals surface area contributed by atoms with Crippen LogP contribution in [0.25, 0.3) is 11.0 Å². The van der Waals surface area contributed by atoms with E-state index in [1.165, 1.54) is 0 Å². The van der Waals surface area contributed by atoms with Crippen LogP contribution >= 0.6 is 0 Å². The number of benzene rings is 2. The number of carbonyl (C=O) groups excluding carboxylic acids is 2. The molecular weight excluding hydrogens is 408 g/mol. The van der Waals surface area contributed by atoms with E-state index in [0.717, 1.165) is 10.9 Å². The zero-order valence-corrected chi connectivity index (χ0v) is 18.1. The van der Waals surface area contributed by atoms with Crippen LogP contribution in [0.2, 0.25) is 0 Å². The van der Waals surface area contributed by atoms with Gasteiger partial charge in [-0.1, -0.05) is 62.4 Å². The summed E-state index contributed by atoms with van der Waals surface area (Å²) in [6.07, 6.45) is -0.749.